The fourth-order valence-electron chi connectivity index (χ4n) is 1.87. The number of para-hydroxylation sites is 1. The quantitative estimate of drug-likeness (QED) is 0.508. The lowest BCUT2D eigenvalue weighted by Gasteiger charge is -1.96. The van der Waals surface area contributed by atoms with Crippen LogP contribution in [0.25, 0.3) is 21.3 Å². The lowest BCUT2D eigenvalue weighted by molar-refractivity contribution is -0.384. The van der Waals surface area contributed by atoms with Crippen molar-refractivity contribution in [3.8, 4) is 0 Å². The average Bonchev–Trinajstić information content (AvgIpc) is 2.92. The maximum atomic E-state index is 10.6. The number of rotatable bonds is 3. The Balaban J connectivity index is 1.92. The number of hydrogen-bond acceptors (Lipinski definition) is 4. The first-order chi connectivity index (χ1) is 10.1. The zero-order chi connectivity index (χ0) is 14.8. The number of halogens is 1. The van der Waals surface area contributed by atoms with Gasteiger partial charge in [-0.1, -0.05) is 23.7 Å². The standard InChI is InChI=1S/C15H9ClN2O2S/c16-12(9-10-5-7-11(8-6-10)18(19)20)15-17-13-3-1-2-4-14(13)21-15/h1-9H/b12-9-. The van der Waals surface area contributed by atoms with Gasteiger partial charge in [-0.15, -0.1) is 11.3 Å². The van der Waals surface area contributed by atoms with Gasteiger partial charge in [0.2, 0.25) is 0 Å². The minimum absolute atomic E-state index is 0.0586. The summed E-state index contributed by atoms with van der Waals surface area (Å²) in [5, 5.41) is 11.9. The van der Waals surface area contributed by atoms with Gasteiger partial charge in [-0.25, -0.2) is 4.98 Å². The molecule has 0 fully saturated rings. The summed E-state index contributed by atoms with van der Waals surface area (Å²) in [7, 11) is 0. The summed E-state index contributed by atoms with van der Waals surface area (Å²) < 4.78 is 1.07. The van der Waals surface area contributed by atoms with Crippen molar-refractivity contribution in [1.29, 1.82) is 0 Å². The van der Waals surface area contributed by atoms with E-state index in [2.05, 4.69) is 4.98 Å². The maximum Gasteiger partial charge on any atom is 0.269 e. The van der Waals surface area contributed by atoms with Crippen molar-refractivity contribution in [2.45, 2.75) is 0 Å². The number of hydrogen-bond donors (Lipinski definition) is 0. The van der Waals surface area contributed by atoms with E-state index in [9.17, 15) is 10.1 Å². The summed E-state index contributed by atoms with van der Waals surface area (Å²) in [5.41, 5.74) is 1.76. The Hall–Kier alpha value is -2.24. The lowest BCUT2D eigenvalue weighted by Crippen LogP contribution is -1.86. The molecule has 0 atom stereocenters. The van der Waals surface area contributed by atoms with Gasteiger partial charge in [0.15, 0.2) is 0 Å². The van der Waals surface area contributed by atoms with Crippen molar-refractivity contribution in [2.24, 2.45) is 0 Å². The Morgan fingerprint density at radius 3 is 2.57 bits per heavy atom. The van der Waals surface area contributed by atoms with E-state index in [1.54, 1.807) is 18.2 Å². The summed E-state index contributed by atoms with van der Waals surface area (Å²) in [5.74, 6) is 0. The predicted octanol–water partition coefficient (Wildman–Crippen LogP) is 4.94. The first-order valence-electron chi connectivity index (χ1n) is 6.11. The molecule has 0 N–H and O–H groups in total. The number of benzene rings is 2. The van der Waals surface area contributed by atoms with Gasteiger partial charge in [0, 0.05) is 12.1 Å². The molecule has 0 aliphatic carbocycles. The Morgan fingerprint density at radius 1 is 1.19 bits per heavy atom. The lowest BCUT2D eigenvalue weighted by atomic mass is 10.2. The van der Waals surface area contributed by atoms with Gasteiger partial charge in [0.25, 0.3) is 5.69 Å². The molecule has 104 valence electrons. The van der Waals surface area contributed by atoms with Crippen LogP contribution in [0.3, 0.4) is 0 Å². The summed E-state index contributed by atoms with van der Waals surface area (Å²) in [6, 6.07) is 14.0. The normalized spacial score (nSPS) is 11.8. The molecule has 0 bridgehead atoms. The van der Waals surface area contributed by atoms with E-state index in [4.69, 9.17) is 11.6 Å². The van der Waals surface area contributed by atoms with Crippen LogP contribution in [0.2, 0.25) is 0 Å². The first kappa shape index (κ1) is 13.7. The van der Waals surface area contributed by atoms with Gasteiger partial charge in [-0.05, 0) is 35.9 Å². The van der Waals surface area contributed by atoms with E-state index < -0.39 is 4.92 Å². The van der Waals surface area contributed by atoms with Gasteiger partial charge in [0.05, 0.1) is 20.2 Å². The Labute approximate surface area is 129 Å². The Morgan fingerprint density at radius 2 is 1.90 bits per heavy atom. The maximum absolute atomic E-state index is 10.6. The summed E-state index contributed by atoms with van der Waals surface area (Å²) in [6.45, 7) is 0. The highest BCUT2D eigenvalue weighted by Crippen LogP contribution is 2.30. The van der Waals surface area contributed by atoms with Crippen LogP contribution in [-0.4, -0.2) is 9.91 Å². The number of nitro benzene ring substituents is 1. The van der Waals surface area contributed by atoms with Crippen molar-refractivity contribution >= 4 is 50.0 Å². The minimum atomic E-state index is -0.428. The van der Waals surface area contributed by atoms with E-state index >= 15 is 0 Å². The molecule has 0 spiro atoms. The van der Waals surface area contributed by atoms with Gasteiger partial charge in [-0.3, -0.25) is 10.1 Å². The number of non-ortho nitro benzene ring substituents is 1. The zero-order valence-corrected chi connectivity index (χ0v) is 12.3. The molecule has 3 rings (SSSR count). The highest BCUT2D eigenvalue weighted by atomic mass is 35.5. The molecular formula is C15H9ClN2O2S. The molecule has 0 unspecified atom stereocenters. The molecule has 0 saturated carbocycles. The van der Waals surface area contributed by atoms with Crippen LogP contribution >= 0.6 is 22.9 Å². The molecule has 2 aromatic carbocycles. The van der Waals surface area contributed by atoms with Crippen molar-refractivity contribution in [3.63, 3.8) is 0 Å². The number of nitrogens with zero attached hydrogens (tertiary/aromatic N) is 2. The molecule has 1 heterocycles. The second-order valence-corrected chi connectivity index (χ2v) is 5.77. The van der Waals surface area contributed by atoms with Crippen LogP contribution in [0, 0.1) is 10.1 Å². The molecule has 21 heavy (non-hydrogen) atoms. The van der Waals surface area contributed by atoms with Gasteiger partial charge in [0.1, 0.15) is 5.01 Å². The Kier molecular flexibility index (Phi) is 3.68. The first-order valence-corrected chi connectivity index (χ1v) is 7.30. The topological polar surface area (TPSA) is 56.0 Å². The second-order valence-electron chi connectivity index (χ2n) is 4.33. The number of fused-ring (bicyclic) bond motifs is 1. The van der Waals surface area contributed by atoms with E-state index in [1.165, 1.54) is 23.5 Å². The van der Waals surface area contributed by atoms with Crippen molar-refractivity contribution in [3.05, 3.63) is 69.2 Å². The van der Waals surface area contributed by atoms with E-state index in [-0.39, 0.29) is 5.69 Å². The van der Waals surface area contributed by atoms with Crippen LogP contribution in [0.1, 0.15) is 10.6 Å². The third-order valence-electron chi connectivity index (χ3n) is 2.90. The predicted molar refractivity (Wildman–Crippen MR) is 86.4 cm³/mol. The van der Waals surface area contributed by atoms with Crippen LogP contribution in [0.5, 0.6) is 0 Å². The third-order valence-corrected chi connectivity index (χ3v) is 4.37. The zero-order valence-electron chi connectivity index (χ0n) is 10.7. The molecular weight excluding hydrogens is 308 g/mol. The second kappa shape index (κ2) is 5.63. The summed E-state index contributed by atoms with van der Waals surface area (Å²) in [4.78, 5) is 14.6. The van der Waals surface area contributed by atoms with Gasteiger partial charge < -0.3 is 0 Å². The van der Waals surface area contributed by atoms with E-state index in [0.29, 0.717) is 5.03 Å². The van der Waals surface area contributed by atoms with Gasteiger partial charge >= 0.3 is 0 Å². The average molecular weight is 317 g/mol. The minimum Gasteiger partial charge on any atom is -0.258 e. The van der Waals surface area contributed by atoms with Crippen LogP contribution in [0.4, 0.5) is 5.69 Å². The van der Waals surface area contributed by atoms with Crippen LogP contribution in [0.15, 0.2) is 48.5 Å². The van der Waals surface area contributed by atoms with Crippen molar-refractivity contribution in [2.75, 3.05) is 0 Å². The molecule has 1 aromatic heterocycles. The summed E-state index contributed by atoms with van der Waals surface area (Å²) >= 11 is 7.80. The highest BCUT2D eigenvalue weighted by Gasteiger charge is 2.07. The Bertz CT molecular complexity index is 807. The third kappa shape index (κ3) is 2.94. The number of nitro groups is 1. The molecule has 0 saturated heterocycles. The molecule has 0 aliphatic rings. The molecule has 0 amide bonds. The monoisotopic (exact) mass is 316 g/mol. The fraction of sp³-hybridized carbons (Fsp3) is 0. The SMILES string of the molecule is O=[N+]([O-])c1ccc(/C=C(\Cl)c2nc3ccccc3s2)cc1. The van der Waals surface area contributed by atoms with Crippen LogP contribution in [-0.2, 0) is 0 Å². The van der Waals surface area contributed by atoms with Crippen molar-refractivity contribution in [1.82, 2.24) is 4.98 Å². The van der Waals surface area contributed by atoms with Crippen LogP contribution < -0.4 is 0 Å². The summed E-state index contributed by atoms with van der Waals surface area (Å²) in [6.07, 6.45) is 1.75. The molecule has 4 nitrogen and oxygen atoms in total. The molecule has 0 radical (unpaired) electrons. The molecule has 3 aromatic rings. The van der Waals surface area contributed by atoms with Gasteiger partial charge in [-0.2, -0.15) is 0 Å². The van der Waals surface area contributed by atoms with E-state index in [1.807, 2.05) is 24.3 Å². The number of aromatic nitrogens is 1. The molecule has 0 aliphatic heterocycles. The highest BCUT2D eigenvalue weighted by molar-refractivity contribution is 7.20. The van der Waals surface area contributed by atoms with Crippen molar-refractivity contribution < 1.29 is 4.92 Å². The van der Waals surface area contributed by atoms with E-state index in [0.717, 1.165) is 20.8 Å². The number of thiazole rings is 1. The fourth-order valence-corrected chi connectivity index (χ4v) is 3.03. The largest absolute Gasteiger partial charge is 0.269 e. The molecule has 6 heteroatoms. The smallest absolute Gasteiger partial charge is 0.258 e.